The van der Waals surface area contributed by atoms with E-state index >= 15 is 0 Å². The SMILES string of the molecule is CC(CN1CCCCC1)C(=O)N(C)c1cc(-c2ccccc2Cl)no1. The number of likely N-dealkylation sites (tertiary alicyclic amines) is 1. The second-order valence-corrected chi connectivity index (χ2v) is 7.10. The van der Waals surface area contributed by atoms with Crippen LogP contribution in [0.5, 0.6) is 0 Å². The van der Waals surface area contributed by atoms with Crippen molar-refractivity contribution in [2.45, 2.75) is 26.2 Å². The van der Waals surface area contributed by atoms with Crippen molar-refractivity contribution in [2.24, 2.45) is 5.92 Å². The molecule has 3 rings (SSSR count). The number of benzene rings is 1. The molecule has 1 atom stereocenters. The molecule has 0 spiro atoms. The van der Waals surface area contributed by atoms with Crippen LogP contribution in [-0.4, -0.2) is 42.6 Å². The Kier molecular flexibility index (Phi) is 5.76. The molecule has 0 aliphatic carbocycles. The zero-order valence-electron chi connectivity index (χ0n) is 14.7. The lowest BCUT2D eigenvalue weighted by molar-refractivity contribution is -0.122. The Labute approximate surface area is 153 Å². The van der Waals surface area contributed by atoms with Gasteiger partial charge in [-0.3, -0.25) is 9.69 Å². The summed E-state index contributed by atoms with van der Waals surface area (Å²) in [4.78, 5) is 16.6. The maximum absolute atomic E-state index is 12.7. The second-order valence-electron chi connectivity index (χ2n) is 6.69. The molecule has 2 heterocycles. The van der Waals surface area contributed by atoms with E-state index in [4.69, 9.17) is 16.1 Å². The van der Waals surface area contributed by atoms with Crippen molar-refractivity contribution in [1.82, 2.24) is 10.1 Å². The molecular formula is C19H24ClN3O2. The Balaban J connectivity index is 1.67. The highest BCUT2D eigenvalue weighted by Crippen LogP contribution is 2.29. The van der Waals surface area contributed by atoms with E-state index in [-0.39, 0.29) is 11.8 Å². The summed E-state index contributed by atoms with van der Waals surface area (Å²) < 4.78 is 5.38. The summed E-state index contributed by atoms with van der Waals surface area (Å²) in [6.45, 7) is 4.92. The summed E-state index contributed by atoms with van der Waals surface area (Å²) in [5.41, 5.74) is 1.42. The first-order valence-corrected chi connectivity index (χ1v) is 9.15. The Hall–Kier alpha value is -1.85. The van der Waals surface area contributed by atoms with Crippen LogP contribution in [0.25, 0.3) is 11.3 Å². The average Bonchev–Trinajstić information content (AvgIpc) is 3.11. The summed E-state index contributed by atoms with van der Waals surface area (Å²) in [5, 5.41) is 4.67. The molecular weight excluding hydrogens is 338 g/mol. The summed E-state index contributed by atoms with van der Waals surface area (Å²) in [6.07, 6.45) is 3.74. The maximum atomic E-state index is 12.7. The number of nitrogens with zero attached hydrogens (tertiary/aromatic N) is 3. The van der Waals surface area contributed by atoms with Gasteiger partial charge in [0.25, 0.3) is 0 Å². The van der Waals surface area contributed by atoms with Gasteiger partial charge in [-0.15, -0.1) is 0 Å². The number of hydrogen-bond acceptors (Lipinski definition) is 4. The summed E-state index contributed by atoms with van der Waals surface area (Å²) >= 11 is 6.20. The molecule has 25 heavy (non-hydrogen) atoms. The third kappa shape index (κ3) is 4.22. The standard InChI is InChI=1S/C19H24ClN3O2/c1-14(13-23-10-6-3-7-11-23)19(24)22(2)18-12-17(21-25-18)15-8-4-5-9-16(15)20/h4-5,8-9,12,14H,3,6-7,10-11,13H2,1-2H3. The fraction of sp³-hybridized carbons (Fsp3) is 0.474. The first-order chi connectivity index (χ1) is 12.1. The number of halogens is 1. The number of carbonyl (C=O) groups is 1. The second kappa shape index (κ2) is 8.02. The topological polar surface area (TPSA) is 49.6 Å². The molecule has 1 aliphatic heterocycles. The summed E-state index contributed by atoms with van der Waals surface area (Å²) in [6, 6.07) is 9.20. The van der Waals surface area contributed by atoms with Crippen LogP contribution >= 0.6 is 11.6 Å². The number of hydrogen-bond donors (Lipinski definition) is 0. The van der Waals surface area contributed by atoms with E-state index in [1.807, 2.05) is 25.1 Å². The van der Waals surface area contributed by atoms with Gasteiger partial charge >= 0.3 is 0 Å². The molecule has 1 aromatic carbocycles. The van der Waals surface area contributed by atoms with Crippen LogP contribution in [0.2, 0.25) is 5.02 Å². The Bertz CT molecular complexity index is 725. The largest absolute Gasteiger partial charge is 0.338 e. The van der Waals surface area contributed by atoms with E-state index in [0.29, 0.717) is 16.6 Å². The van der Waals surface area contributed by atoms with Gasteiger partial charge in [0, 0.05) is 31.1 Å². The number of anilines is 1. The molecule has 6 heteroatoms. The number of amides is 1. The molecule has 1 saturated heterocycles. The van der Waals surface area contributed by atoms with Gasteiger partial charge in [0.15, 0.2) is 0 Å². The van der Waals surface area contributed by atoms with Crippen molar-refractivity contribution in [3.05, 3.63) is 35.4 Å². The van der Waals surface area contributed by atoms with E-state index in [9.17, 15) is 4.79 Å². The zero-order chi connectivity index (χ0) is 17.8. The molecule has 2 aromatic rings. The van der Waals surface area contributed by atoms with Crippen LogP contribution in [0.3, 0.4) is 0 Å². The third-order valence-corrected chi connectivity index (χ3v) is 5.04. The van der Waals surface area contributed by atoms with Crippen LogP contribution in [0.1, 0.15) is 26.2 Å². The molecule has 134 valence electrons. The van der Waals surface area contributed by atoms with Crippen molar-refractivity contribution >= 4 is 23.4 Å². The minimum Gasteiger partial charge on any atom is -0.338 e. The predicted octanol–water partition coefficient (Wildman–Crippen LogP) is 4.08. The lowest BCUT2D eigenvalue weighted by atomic mass is 10.1. The van der Waals surface area contributed by atoms with Crippen molar-refractivity contribution < 1.29 is 9.32 Å². The molecule has 0 radical (unpaired) electrons. The monoisotopic (exact) mass is 361 g/mol. The fourth-order valence-electron chi connectivity index (χ4n) is 3.27. The van der Waals surface area contributed by atoms with Crippen LogP contribution in [0, 0.1) is 5.92 Å². The lowest BCUT2D eigenvalue weighted by Gasteiger charge is -2.29. The van der Waals surface area contributed by atoms with E-state index < -0.39 is 0 Å². The number of piperidine rings is 1. The predicted molar refractivity (Wildman–Crippen MR) is 99.8 cm³/mol. The minimum atomic E-state index is -0.0861. The molecule has 0 N–H and O–H groups in total. The molecule has 1 amide bonds. The minimum absolute atomic E-state index is 0.0347. The van der Waals surface area contributed by atoms with Crippen LogP contribution in [0.15, 0.2) is 34.9 Å². The van der Waals surface area contributed by atoms with Crippen molar-refractivity contribution in [3.8, 4) is 11.3 Å². The quantitative estimate of drug-likeness (QED) is 0.805. The van der Waals surface area contributed by atoms with Crippen LogP contribution < -0.4 is 4.90 Å². The number of aromatic nitrogens is 1. The van der Waals surface area contributed by atoms with Gasteiger partial charge in [0.05, 0.1) is 5.02 Å². The summed E-state index contributed by atoms with van der Waals surface area (Å²) in [7, 11) is 1.73. The molecule has 0 bridgehead atoms. The van der Waals surface area contributed by atoms with Crippen LogP contribution in [-0.2, 0) is 4.79 Å². The normalized spacial score (nSPS) is 16.6. The van der Waals surface area contributed by atoms with Crippen molar-refractivity contribution in [2.75, 3.05) is 31.6 Å². The van der Waals surface area contributed by atoms with Gasteiger partial charge in [0.1, 0.15) is 5.69 Å². The molecule has 0 saturated carbocycles. The van der Waals surface area contributed by atoms with Gasteiger partial charge < -0.3 is 9.42 Å². The smallest absolute Gasteiger partial charge is 0.234 e. The van der Waals surface area contributed by atoms with Gasteiger partial charge in [-0.1, -0.05) is 48.3 Å². The fourth-order valence-corrected chi connectivity index (χ4v) is 3.50. The van der Waals surface area contributed by atoms with Gasteiger partial charge in [-0.05, 0) is 32.0 Å². The zero-order valence-corrected chi connectivity index (χ0v) is 15.5. The molecule has 1 unspecified atom stereocenters. The molecule has 1 aliphatic rings. The van der Waals surface area contributed by atoms with Crippen LogP contribution in [0.4, 0.5) is 5.88 Å². The number of carbonyl (C=O) groups excluding carboxylic acids is 1. The third-order valence-electron chi connectivity index (χ3n) is 4.71. The first-order valence-electron chi connectivity index (χ1n) is 8.78. The maximum Gasteiger partial charge on any atom is 0.234 e. The molecule has 1 aromatic heterocycles. The lowest BCUT2D eigenvalue weighted by Crippen LogP contribution is -2.40. The van der Waals surface area contributed by atoms with Crippen molar-refractivity contribution in [3.63, 3.8) is 0 Å². The van der Waals surface area contributed by atoms with E-state index in [0.717, 1.165) is 25.2 Å². The highest BCUT2D eigenvalue weighted by atomic mass is 35.5. The Morgan fingerprint density at radius 1 is 1.32 bits per heavy atom. The van der Waals surface area contributed by atoms with E-state index in [1.165, 1.54) is 19.3 Å². The Morgan fingerprint density at radius 2 is 2.04 bits per heavy atom. The molecule has 5 nitrogen and oxygen atoms in total. The van der Waals surface area contributed by atoms with E-state index in [1.54, 1.807) is 24.1 Å². The van der Waals surface area contributed by atoms with Gasteiger partial charge in [-0.25, -0.2) is 0 Å². The highest BCUT2D eigenvalue weighted by molar-refractivity contribution is 6.33. The number of rotatable bonds is 5. The average molecular weight is 362 g/mol. The highest BCUT2D eigenvalue weighted by Gasteiger charge is 2.24. The van der Waals surface area contributed by atoms with Gasteiger partial charge in [0.2, 0.25) is 11.8 Å². The first kappa shape index (κ1) is 18.0. The van der Waals surface area contributed by atoms with E-state index in [2.05, 4.69) is 10.1 Å². The Morgan fingerprint density at radius 3 is 2.76 bits per heavy atom. The summed E-state index contributed by atoms with van der Waals surface area (Å²) in [5.74, 6) is 0.384. The van der Waals surface area contributed by atoms with Gasteiger partial charge in [-0.2, -0.15) is 0 Å². The van der Waals surface area contributed by atoms with Crippen molar-refractivity contribution in [1.29, 1.82) is 0 Å². The molecule has 1 fully saturated rings.